The number of fused-ring (bicyclic) bond motifs is 1. The van der Waals surface area contributed by atoms with Crippen molar-refractivity contribution in [2.75, 3.05) is 13.9 Å². The number of ether oxygens (including phenoxy) is 3. The third-order valence-corrected chi connectivity index (χ3v) is 3.32. The molecule has 20 heavy (non-hydrogen) atoms. The Morgan fingerprint density at radius 1 is 1.50 bits per heavy atom. The maximum absolute atomic E-state index is 11.5. The summed E-state index contributed by atoms with van der Waals surface area (Å²) in [6, 6.07) is 2.63. The molecule has 0 bridgehead atoms. The molecule has 1 aliphatic rings. The van der Waals surface area contributed by atoms with Crippen molar-refractivity contribution in [1.82, 2.24) is 5.32 Å². The molecule has 0 amide bonds. The van der Waals surface area contributed by atoms with Gasteiger partial charge in [0.05, 0.1) is 7.11 Å². The van der Waals surface area contributed by atoms with E-state index in [0.29, 0.717) is 22.8 Å². The lowest BCUT2D eigenvalue weighted by Crippen LogP contribution is -2.34. The molecule has 0 spiro atoms. The quantitative estimate of drug-likeness (QED) is 0.829. The Balaban J connectivity index is 2.36. The van der Waals surface area contributed by atoms with Gasteiger partial charge in [-0.25, -0.2) is 0 Å². The van der Waals surface area contributed by atoms with Gasteiger partial charge in [0.2, 0.25) is 12.5 Å². The highest BCUT2D eigenvalue weighted by Gasteiger charge is 2.27. The van der Waals surface area contributed by atoms with Crippen LogP contribution in [0.4, 0.5) is 0 Å². The second-order valence-corrected chi connectivity index (χ2v) is 4.70. The summed E-state index contributed by atoms with van der Waals surface area (Å²) in [4.78, 5) is 11.5. The second-order valence-electron chi connectivity index (χ2n) is 4.70. The minimum atomic E-state index is -0.939. The van der Waals surface area contributed by atoms with Crippen molar-refractivity contribution in [2.45, 2.75) is 32.4 Å². The minimum absolute atomic E-state index is 0.0903. The zero-order chi connectivity index (χ0) is 14.7. The Hall–Kier alpha value is -1.95. The number of nitrogens with one attached hydrogen (secondary N) is 1. The van der Waals surface area contributed by atoms with Crippen LogP contribution in [-0.4, -0.2) is 31.0 Å². The molecule has 2 N–H and O–H groups in total. The van der Waals surface area contributed by atoms with Crippen LogP contribution in [0.15, 0.2) is 12.1 Å². The zero-order valence-corrected chi connectivity index (χ0v) is 11.8. The van der Waals surface area contributed by atoms with E-state index in [1.165, 1.54) is 7.11 Å². The molecule has 0 saturated heterocycles. The molecule has 0 saturated carbocycles. The molecule has 0 aromatic heterocycles. The maximum atomic E-state index is 11.5. The average Bonchev–Trinajstić information content (AvgIpc) is 2.91. The summed E-state index contributed by atoms with van der Waals surface area (Å²) >= 11 is 0. The lowest BCUT2D eigenvalue weighted by Gasteiger charge is -2.20. The van der Waals surface area contributed by atoms with Gasteiger partial charge in [0.25, 0.3) is 0 Å². The molecule has 1 aliphatic heterocycles. The van der Waals surface area contributed by atoms with Gasteiger partial charge in [0.15, 0.2) is 11.5 Å². The first kappa shape index (κ1) is 14.5. The molecule has 0 radical (unpaired) electrons. The second kappa shape index (κ2) is 6.00. The third-order valence-electron chi connectivity index (χ3n) is 3.32. The summed E-state index contributed by atoms with van der Waals surface area (Å²) in [5.74, 6) is 0.568. The van der Waals surface area contributed by atoms with Crippen LogP contribution in [0.25, 0.3) is 0 Å². The van der Waals surface area contributed by atoms with Crippen LogP contribution in [0.3, 0.4) is 0 Å². The molecule has 0 fully saturated rings. The fourth-order valence-electron chi connectivity index (χ4n) is 2.03. The number of carboxylic acids is 1. The van der Waals surface area contributed by atoms with Crippen molar-refractivity contribution in [3.8, 4) is 17.2 Å². The summed E-state index contributed by atoms with van der Waals surface area (Å²) in [7, 11) is 1.51. The number of hydrogen-bond donors (Lipinski definition) is 2. The summed E-state index contributed by atoms with van der Waals surface area (Å²) in [5.41, 5.74) is 0.582. The summed E-state index contributed by atoms with van der Waals surface area (Å²) in [6.45, 7) is 4.06. The minimum Gasteiger partial charge on any atom is -0.493 e. The van der Waals surface area contributed by atoms with E-state index in [4.69, 9.17) is 14.2 Å². The number of carbonyl (C=O) groups is 1. The van der Waals surface area contributed by atoms with Gasteiger partial charge in [-0.2, -0.15) is 0 Å². The first-order valence-electron chi connectivity index (χ1n) is 6.53. The van der Waals surface area contributed by atoms with Gasteiger partial charge >= 0.3 is 5.97 Å². The number of methoxy groups -OCH3 is 1. The number of carboxylic acid groups (broad SMARTS) is 1. The SMILES string of the molecule is CCC(C)NC(C(=O)O)c1cc(OC)c2c(c1)OCO2. The molecule has 1 aromatic carbocycles. The summed E-state index contributed by atoms with van der Waals surface area (Å²) < 4.78 is 15.9. The summed E-state index contributed by atoms with van der Waals surface area (Å²) in [6.07, 6.45) is 0.839. The molecule has 1 aromatic rings. The smallest absolute Gasteiger partial charge is 0.325 e. The van der Waals surface area contributed by atoms with Gasteiger partial charge in [-0.1, -0.05) is 6.92 Å². The predicted octanol–water partition coefficient (Wildman–Crippen LogP) is 1.94. The van der Waals surface area contributed by atoms with Gasteiger partial charge in [0.1, 0.15) is 6.04 Å². The van der Waals surface area contributed by atoms with E-state index in [2.05, 4.69) is 5.32 Å². The molecule has 6 heteroatoms. The zero-order valence-electron chi connectivity index (χ0n) is 11.8. The van der Waals surface area contributed by atoms with Crippen LogP contribution in [0.1, 0.15) is 31.9 Å². The fraction of sp³-hybridized carbons (Fsp3) is 0.500. The van der Waals surface area contributed by atoms with Crippen molar-refractivity contribution in [3.05, 3.63) is 17.7 Å². The molecule has 6 nitrogen and oxygen atoms in total. The Bertz CT molecular complexity index is 503. The van der Waals surface area contributed by atoms with Crippen LogP contribution in [0.2, 0.25) is 0 Å². The molecule has 0 aliphatic carbocycles. The van der Waals surface area contributed by atoms with E-state index in [0.717, 1.165) is 6.42 Å². The van der Waals surface area contributed by atoms with Crippen molar-refractivity contribution < 1.29 is 24.1 Å². The first-order chi connectivity index (χ1) is 9.56. The summed E-state index contributed by atoms with van der Waals surface area (Å²) in [5, 5.41) is 12.5. The third kappa shape index (κ3) is 2.80. The van der Waals surface area contributed by atoms with Gasteiger partial charge in [-0.15, -0.1) is 0 Å². The topological polar surface area (TPSA) is 77.0 Å². The van der Waals surface area contributed by atoms with E-state index >= 15 is 0 Å². The molecule has 1 heterocycles. The number of rotatable bonds is 6. The van der Waals surface area contributed by atoms with Crippen molar-refractivity contribution in [1.29, 1.82) is 0 Å². The molecule has 110 valence electrons. The van der Waals surface area contributed by atoms with Crippen LogP contribution >= 0.6 is 0 Å². The van der Waals surface area contributed by atoms with Crippen LogP contribution < -0.4 is 19.5 Å². The Morgan fingerprint density at radius 2 is 2.25 bits per heavy atom. The molecule has 2 atom stereocenters. The van der Waals surface area contributed by atoms with Crippen LogP contribution in [0, 0.1) is 0 Å². The van der Waals surface area contributed by atoms with Gasteiger partial charge in [0, 0.05) is 6.04 Å². The molecular weight excluding hydrogens is 262 g/mol. The highest BCUT2D eigenvalue weighted by Crippen LogP contribution is 2.43. The van der Waals surface area contributed by atoms with Gasteiger partial charge < -0.3 is 19.3 Å². The van der Waals surface area contributed by atoms with Crippen LogP contribution in [-0.2, 0) is 4.79 Å². The van der Waals surface area contributed by atoms with Crippen molar-refractivity contribution >= 4 is 5.97 Å². The monoisotopic (exact) mass is 281 g/mol. The average molecular weight is 281 g/mol. The number of benzene rings is 1. The predicted molar refractivity (Wildman–Crippen MR) is 72.4 cm³/mol. The van der Waals surface area contributed by atoms with E-state index in [9.17, 15) is 9.90 Å². The molecule has 2 unspecified atom stereocenters. The van der Waals surface area contributed by atoms with E-state index < -0.39 is 12.0 Å². The normalized spacial score (nSPS) is 15.8. The van der Waals surface area contributed by atoms with Crippen molar-refractivity contribution in [3.63, 3.8) is 0 Å². The lowest BCUT2D eigenvalue weighted by atomic mass is 10.0. The van der Waals surface area contributed by atoms with E-state index in [-0.39, 0.29) is 12.8 Å². The fourth-order valence-corrected chi connectivity index (χ4v) is 2.03. The van der Waals surface area contributed by atoms with E-state index in [1.807, 2.05) is 13.8 Å². The maximum Gasteiger partial charge on any atom is 0.325 e. The number of aliphatic carboxylic acids is 1. The Kier molecular flexibility index (Phi) is 4.34. The Morgan fingerprint density at radius 3 is 2.85 bits per heavy atom. The van der Waals surface area contributed by atoms with Crippen molar-refractivity contribution in [2.24, 2.45) is 0 Å². The standard InChI is InChI=1S/C14H19NO5/c1-4-8(2)15-12(14(16)17)9-5-10(18-3)13-11(6-9)19-7-20-13/h5-6,8,12,15H,4,7H2,1-3H3,(H,16,17). The van der Waals surface area contributed by atoms with Gasteiger partial charge in [-0.3, -0.25) is 10.1 Å². The molecule has 2 rings (SSSR count). The molecular formula is C14H19NO5. The first-order valence-corrected chi connectivity index (χ1v) is 6.53. The lowest BCUT2D eigenvalue weighted by molar-refractivity contribution is -0.139. The van der Waals surface area contributed by atoms with Gasteiger partial charge in [-0.05, 0) is 31.0 Å². The number of hydrogen-bond acceptors (Lipinski definition) is 5. The highest BCUT2D eigenvalue weighted by atomic mass is 16.7. The highest BCUT2D eigenvalue weighted by molar-refractivity contribution is 5.76. The van der Waals surface area contributed by atoms with Crippen LogP contribution in [0.5, 0.6) is 17.2 Å². The Labute approximate surface area is 117 Å². The largest absolute Gasteiger partial charge is 0.493 e. The van der Waals surface area contributed by atoms with E-state index in [1.54, 1.807) is 12.1 Å².